The van der Waals surface area contributed by atoms with Gasteiger partial charge in [-0.05, 0) is 18.2 Å². The van der Waals surface area contributed by atoms with Crippen LogP contribution >= 0.6 is 0 Å². The molecule has 0 saturated heterocycles. The predicted molar refractivity (Wildman–Crippen MR) is 115 cm³/mol. The maximum absolute atomic E-state index is 12.6. The zero-order valence-corrected chi connectivity index (χ0v) is 17.4. The summed E-state index contributed by atoms with van der Waals surface area (Å²) in [7, 11) is 0. The van der Waals surface area contributed by atoms with Gasteiger partial charge in [0.1, 0.15) is 19.3 Å². The van der Waals surface area contributed by atoms with E-state index in [0.29, 0.717) is 11.5 Å². The van der Waals surface area contributed by atoms with Gasteiger partial charge in [-0.1, -0.05) is 30.3 Å². The number of para-hydroxylation sites is 2. The number of hydrogen-bond acceptors (Lipinski definition) is 8. The van der Waals surface area contributed by atoms with Crippen LogP contribution in [0.3, 0.4) is 0 Å². The number of amides is 2. The summed E-state index contributed by atoms with van der Waals surface area (Å²) in [5, 5.41) is 6.95. The number of benzene rings is 2. The Bertz CT molecular complexity index is 1290. The summed E-state index contributed by atoms with van der Waals surface area (Å²) in [6.45, 7) is -0.740. The van der Waals surface area contributed by atoms with Crippen molar-refractivity contribution in [2.45, 2.75) is 12.6 Å². The van der Waals surface area contributed by atoms with E-state index in [0.717, 1.165) is 4.68 Å². The van der Waals surface area contributed by atoms with Crippen LogP contribution < -0.4 is 26.1 Å². The third-order valence-corrected chi connectivity index (χ3v) is 4.84. The molecule has 0 radical (unpaired) electrons. The first kappa shape index (κ1) is 21.8. The van der Waals surface area contributed by atoms with Crippen molar-refractivity contribution in [1.29, 1.82) is 0 Å². The average molecular weight is 452 g/mol. The average Bonchev–Trinajstić information content (AvgIpc) is 2.83. The van der Waals surface area contributed by atoms with Crippen LogP contribution in [-0.4, -0.2) is 53.4 Å². The largest absolute Gasteiger partial charge is 0.486 e. The second-order valence-corrected chi connectivity index (χ2v) is 7.18. The number of nitrogens with two attached hydrogens (primary N) is 1. The number of fused-ring (bicyclic) bond motifs is 2. The third-order valence-electron chi connectivity index (χ3n) is 4.84. The van der Waals surface area contributed by atoms with E-state index in [1.165, 1.54) is 12.1 Å². The fraction of sp³-hybridized carbons (Fsp3) is 0.227. The standard InChI is InChI=1S/C22H20N4O7/c23-21(29)20-14-5-1-2-6-15(14)22(30)26(25-20)10-19(28)32-12-18(27)24-9-13-11-31-16-7-3-4-8-17(16)33-13/h1-8,13H,9-12H2,(H2,23,29)(H,24,27). The molecule has 1 atom stereocenters. The number of ether oxygens (including phenoxy) is 3. The molecule has 1 aliphatic heterocycles. The van der Waals surface area contributed by atoms with Gasteiger partial charge in [-0.2, -0.15) is 5.10 Å². The van der Waals surface area contributed by atoms with Gasteiger partial charge in [0.25, 0.3) is 17.4 Å². The van der Waals surface area contributed by atoms with Gasteiger partial charge < -0.3 is 25.3 Å². The molecule has 4 rings (SSSR count). The zero-order chi connectivity index (χ0) is 23.4. The van der Waals surface area contributed by atoms with Gasteiger partial charge >= 0.3 is 5.97 Å². The van der Waals surface area contributed by atoms with E-state index in [1.54, 1.807) is 24.3 Å². The Labute approximate surface area is 187 Å². The number of aromatic nitrogens is 2. The summed E-state index contributed by atoms with van der Waals surface area (Å²) in [5.41, 5.74) is 4.61. The monoisotopic (exact) mass is 452 g/mol. The minimum absolute atomic E-state index is 0.146. The highest BCUT2D eigenvalue weighted by atomic mass is 16.6. The smallest absolute Gasteiger partial charge is 0.328 e. The van der Waals surface area contributed by atoms with Crippen molar-refractivity contribution in [3.8, 4) is 11.5 Å². The van der Waals surface area contributed by atoms with Gasteiger partial charge in [0, 0.05) is 5.39 Å². The van der Waals surface area contributed by atoms with Gasteiger partial charge in [-0.25, -0.2) is 4.68 Å². The lowest BCUT2D eigenvalue weighted by atomic mass is 10.1. The Morgan fingerprint density at radius 1 is 1.09 bits per heavy atom. The molecule has 2 heterocycles. The summed E-state index contributed by atoms with van der Waals surface area (Å²) in [4.78, 5) is 48.5. The zero-order valence-electron chi connectivity index (χ0n) is 17.4. The summed E-state index contributed by atoms with van der Waals surface area (Å²) >= 11 is 0. The lowest BCUT2D eigenvalue weighted by molar-refractivity contribution is -0.149. The van der Waals surface area contributed by atoms with E-state index in [1.807, 2.05) is 12.1 Å². The minimum atomic E-state index is -0.878. The van der Waals surface area contributed by atoms with Crippen molar-refractivity contribution in [1.82, 2.24) is 15.1 Å². The van der Waals surface area contributed by atoms with Crippen molar-refractivity contribution in [3.63, 3.8) is 0 Å². The number of carbonyl (C=O) groups is 3. The normalized spacial score (nSPS) is 14.5. The minimum Gasteiger partial charge on any atom is -0.486 e. The molecule has 33 heavy (non-hydrogen) atoms. The summed E-state index contributed by atoms with van der Waals surface area (Å²) < 4.78 is 17.0. The third kappa shape index (κ3) is 4.92. The van der Waals surface area contributed by atoms with E-state index in [9.17, 15) is 19.2 Å². The molecule has 11 heteroatoms. The molecule has 0 aliphatic carbocycles. The molecule has 0 bridgehead atoms. The predicted octanol–water partition coefficient (Wildman–Crippen LogP) is -0.00520. The van der Waals surface area contributed by atoms with E-state index in [-0.39, 0.29) is 29.6 Å². The number of primary amides is 1. The van der Waals surface area contributed by atoms with Crippen LogP contribution in [0, 0.1) is 0 Å². The molecule has 2 aromatic carbocycles. The maximum atomic E-state index is 12.6. The SMILES string of the molecule is NC(=O)c1nn(CC(=O)OCC(=O)NCC2COc3ccccc3O2)c(=O)c2ccccc12. The van der Waals surface area contributed by atoms with Crippen LogP contribution in [-0.2, 0) is 20.9 Å². The maximum Gasteiger partial charge on any atom is 0.328 e. The van der Waals surface area contributed by atoms with Crippen LogP contribution in [0.1, 0.15) is 10.5 Å². The van der Waals surface area contributed by atoms with Gasteiger partial charge in [-0.3, -0.25) is 19.2 Å². The summed E-state index contributed by atoms with van der Waals surface area (Å²) in [6.07, 6.45) is -0.396. The highest BCUT2D eigenvalue weighted by Crippen LogP contribution is 2.30. The number of hydrogen-bond donors (Lipinski definition) is 2. The topological polar surface area (TPSA) is 152 Å². The van der Waals surface area contributed by atoms with Gasteiger partial charge in [0.15, 0.2) is 23.8 Å². The van der Waals surface area contributed by atoms with Crippen LogP contribution in [0.4, 0.5) is 0 Å². The fourth-order valence-corrected chi connectivity index (χ4v) is 3.28. The summed E-state index contributed by atoms with van der Waals surface area (Å²) in [5.74, 6) is -1.06. The molecule has 2 amide bonds. The Balaban J connectivity index is 1.31. The van der Waals surface area contributed by atoms with Gasteiger partial charge in [0.05, 0.1) is 11.9 Å². The molecule has 0 fully saturated rings. The Kier molecular flexibility index (Phi) is 6.20. The molecule has 1 aromatic heterocycles. The first-order valence-electron chi connectivity index (χ1n) is 10.0. The molecule has 170 valence electrons. The van der Waals surface area contributed by atoms with Crippen LogP contribution in [0.25, 0.3) is 10.8 Å². The highest BCUT2D eigenvalue weighted by molar-refractivity contribution is 6.04. The van der Waals surface area contributed by atoms with Crippen LogP contribution in [0.2, 0.25) is 0 Å². The molecule has 3 aromatic rings. The molecular weight excluding hydrogens is 432 g/mol. The van der Waals surface area contributed by atoms with Crippen molar-refractivity contribution in [3.05, 3.63) is 64.6 Å². The van der Waals surface area contributed by atoms with Crippen molar-refractivity contribution in [2.75, 3.05) is 19.8 Å². The second-order valence-electron chi connectivity index (χ2n) is 7.18. The fourth-order valence-electron chi connectivity index (χ4n) is 3.28. The van der Waals surface area contributed by atoms with Crippen LogP contribution in [0.5, 0.6) is 11.5 Å². The quantitative estimate of drug-likeness (QED) is 0.475. The van der Waals surface area contributed by atoms with Crippen LogP contribution in [0.15, 0.2) is 53.3 Å². The van der Waals surface area contributed by atoms with E-state index in [2.05, 4.69) is 10.4 Å². The number of rotatable bonds is 7. The molecule has 1 unspecified atom stereocenters. The highest BCUT2D eigenvalue weighted by Gasteiger charge is 2.21. The summed E-state index contributed by atoms with van der Waals surface area (Å²) in [6, 6.07) is 13.5. The molecule has 11 nitrogen and oxygen atoms in total. The lowest BCUT2D eigenvalue weighted by Gasteiger charge is -2.26. The first-order valence-corrected chi connectivity index (χ1v) is 10.0. The molecule has 0 saturated carbocycles. The van der Waals surface area contributed by atoms with Crippen molar-refractivity contribution in [2.24, 2.45) is 5.73 Å². The molecule has 1 aliphatic rings. The Hall–Kier alpha value is -4.41. The van der Waals surface area contributed by atoms with E-state index < -0.39 is 42.6 Å². The first-order chi connectivity index (χ1) is 15.9. The Morgan fingerprint density at radius 2 is 1.79 bits per heavy atom. The second kappa shape index (κ2) is 9.39. The Morgan fingerprint density at radius 3 is 2.55 bits per heavy atom. The number of esters is 1. The number of carbonyl (C=O) groups excluding carboxylic acids is 3. The molecule has 3 N–H and O–H groups in total. The van der Waals surface area contributed by atoms with Crippen molar-refractivity contribution < 1.29 is 28.6 Å². The van der Waals surface area contributed by atoms with Crippen molar-refractivity contribution >= 4 is 28.6 Å². The molecular formula is C22H20N4O7. The molecule has 0 spiro atoms. The number of nitrogens with zero attached hydrogens (tertiary/aromatic N) is 2. The van der Waals surface area contributed by atoms with E-state index in [4.69, 9.17) is 19.9 Å². The number of nitrogens with one attached hydrogen (secondary N) is 1. The lowest BCUT2D eigenvalue weighted by Crippen LogP contribution is -2.42. The van der Waals surface area contributed by atoms with Gasteiger partial charge in [-0.15, -0.1) is 0 Å². The van der Waals surface area contributed by atoms with E-state index >= 15 is 0 Å². The van der Waals surface area contributed by atoms with Gasteiger partial charge in [0.2, 0.25) is 0 Å².